The number of carboxylic acids is 1. The summed E-state index contributed by atoms with van der Waals surface area (Å²) >= 11 is 3.39. The molecule has 21 heavy (non-hydrogen) atoms. The molecule has 1 unspecified atom stereocenters. The molecule has 1 aromatic carbocycles. The first-order chi connectivity index (χ1) is 10.1. The third-order valence-electron chi connectivity index (χ3n) is 3.65. The zero-order valence-electron chi connectivity index (χ0n) is 11.3. The highest BCUT2D eigenvalue weighted by atomic mass is 79.9. The SMILES string of the molecule is O=C(O)C1CCN(Cc2coc(-c3ccc(Br)cc3)n2)C1. The molecule has 6 heteroatoms. The lowest BCUT2D eigenvalue weighted by molar-refractivity contribution is -0.141. The van der Waals surface area contributed by atoms with Gasteiger partial charge in [0.05, 0.1) is 11.6 Å². The normalized spacial score (nSPS) is 19.0. The Balaban J connectivity index is 1.66. The Labute approximate surface area is 130 Å². The molecule has 0 amide bonds. The van der Waals surface area contributed by atoms with Crippen LogP contribution in [0, 0.1) is 5.92 Å². The van der Waals surface area contributed by atoms with E-state index in [-0.39, 0.29) is 5.92 Å². The molecule has 5 nitrogen and oxygen atoms in total. The van der Waals surface area contributed by atoms with Gasteiger partial charge in [-0.3, -0.25) is 9.69 Å². The lowest BCUT2D eigenvalue weighted by Crippen LogP contribution is -2.22. The van der Waals surface area contributed by atoms with Crippen LogP contribution in [0.4, 0.5) is 0 Å². The second-order valence-corrected chi connectivity index (χ2v) is 6.13. The van der Waals surface area contributed by atoms with Crippen LogP contribution in [0.2, 0.25) is 0 Å². The van der Waals surface area contributed by atoms with Crippen LogP contribution in [0.25, 0.3) is 11.5 Å². The fourth-order valence-electron chi connectivity index (χ4n) is 2.51. The molecular weight excluding hydrogens is 336 g/mol. The van der Waals surface area contributed by atoms with Crippen LogP contribution in [0.3, 0.4) is 0 Å². The van der Waals surface area contributed by atoms with Gasteiger partial charge in [0.15, 0.2) is 0 Å². The number of nitrogens with zero attached hydrogens (tertiary/aromatic N) is 2. The molecule has 0 saturated carbocycles. The molecule has 1 aliphatic rings. The van der Waals surface area contributed by atoms with Crippen molar-refractivity contribution in [3.63, 3.8) is 0 Å². The maximum Gasteiger partial charge on any atom is 0.307 e. The van der Waals surface area contributed by atoms with Crippen LogP contribution in [-0.2, 0) is 11.3 Å². The van der Waals surface area contributed by atoms with Crippen LogP contribution in [0.1, 0.15) is 12.1 Å². The Morgan fingerprint density at radius 2 is 2.19 bits per heavy atom. The third kappa shape index (κ3) is 3.33. The van der Waals surface area contributed by atoms with Crippen molar-refractivity contribution in [1.82, 2.24) is 9.88 Å². The number of aromatic nitrogens is 1. The van der Waals surface area contributed by atoms with Crippen molar-refractivity contribution in [1.29, 1.82) is 0 Å². The summed E-state index contributed by atoms with van der Waals surface area (Å²) in [4.78, 5) is 17.5. The second kappa shape index (κ2) is 5.99. The number of hydrogen-bond donors (Lipinski definition) is 1. The summed E-state index contributed by atoms with van der Waals surface area (Å²) in [6, 6.07) is 7.76. The van der Waals surface area contributed by atoms with Crippen molar-refractivity contribution in [2.45, 2.75) is 13.0 Å². The molecule has 0 aliphatic carbocycles. The van der Waals surface area contributed by atoms with E-state index in [1.165, 1.54) is 0 Å². The Hall–Kier alpha value is -1.66. The van der Waals surface area contributed by atoms with Gasteiger partial charge in [0.2, 0.25) is 5.89 Å². The molecule has 0 radical (unpaired) electrons. The summed E-state index contributed by atoms with van der Waals surface area (Å²) in [6.45, 7) is 2.00. The van der Waals surface area contributed by atoms with E-state index in [0.29, 0.717) is 25.4 Å². The van der Waals surface area contributed by atoms with E-state index in [0.717, 1.165) is 22.3 Å². The van der Waals surface area contributed by atoms with Gasteiger partial charge in [-0.1, -0.05) is 15.9 Å². The maximum absolute atomic E-state index is 11.0. The highest BCUT2D eigenvalue weighted by Gasteiger charge is 2.28. The average Bonchev–Trinajstić information content (AvgIpc) is 3.10. The zero-order chi connectivity index (χ0) is 14.8. The minimum atomic E-state index is -0.715. The van der Waals surface area contributed by atoms with Crippen molar-refractivity contribution in [2.75, 3.05) is 13.1 Å². The number of hydrogen-bond acceptors (Lipinski definition) is 4. The average molecular weight is 351 g/mol. The largest absolute Gasteiger partial charge is 0.481 e. The first-order valence-corrected chi connectivity index (χ1v) is 7.56. The van der Waals surface area contributed by atoms with Gasteiger partial charge >= 0.3 is 5.97 Å². The van der Waals surface area contributed by atoms with E-state index in [9.17, 15) is 4.79 Å². The van der Waals surface area contributed by atoms with E-state index in [2.05, 4.69) is 25.8 Å². The third-order valence-corrected chi connectivity index (χ3v) is 4.18. The minimum absolute atomic E-state index is 0.261. The summed E-state index contributed by atoms with van der Waals surface area (Å²) in [5.41, 5.74) is 1.76. The predicted octanol–water partition coefficient (Wildman–Crippen LogP) is 3.01. The fraction of sp³-hybridized carbons (Fsp3) is 0.333. The van der Waals surface area contributed by atoms with Crippen LogP contribution in [-0.4, -0.2) is 34.0 Å². The highest BCUT2D eigenvalue weighted by molar-refractivity contribution is 9.10. The number of aliphatic carboxylic acids is 1. The first-order valence-electron chi connectivity index (χ1n) is 6.77. The number of benzene rings is 1. The number of carbonyl (C=O) groups is 1. The van der Waals surface area contributed by atoms with Gasteiger partial charge in [0.25, 0.3) is 0 Å². The summed E-state index contributed by atoms with van der Waals surface area (Å²) in [7, 11) is 0. The lowest BCUT2D eigenvalue weighted by Gasteiger charge is -2.12. The lowest BCUT2D eigenvalue weighted by atomic mass is 10.1. The standard InChI is InChI=1S/C15H15BrN2O3/c16-12-3-1-10(2-4-12)14-17-13(9-21-14)8-18-6-5-11(7-18)15(19)20/h1-4,9,11H,5-8H2,(H,19,20). The minimum Gasteiger partial charge on any atom is -0.481 e. The predicted molar refractivity (Wildman–Crippen MR) is 80.7 cm³/mol. The first kappa shape index (κ1) is 14.3. The molecule has 1 aliphatic heterocycles. The Morgan fingerprint density at radius 3 is 2.86 bits per heavy atom. The molecule has 1 N–H and O–H groups in total. The van der Waals surface area contributed by atoms with Crippen molar-refractivity contribution in [2.24, 2.45) is 5.92 Å². The molecule has 1 atom stereocenters. The molecular formula is C15H15BrN2O3. The molecule has 1 aromatic heterocycles. The van der Waals surface area contributed by atoms with Gasteiger partial charge in [0, 0.05) is 23.1 Å². The van der Waals surface area contributed by atoms with E-state index in [4.69, 9.17) is 9.52 Å². The van der Waals surface area contributed by atoms with Gasteiger partial charge in [0.1, 0.15) is 6.26 Å². The van der Waals surface area contributed by atoms with Crippen molar-refractivity contribution in [3.05, 3.63) is 40.7 Å². The second-order valence-electron chi connectivity index (χ2n) is 5.21. The van der Waals surface area contributed by atoms with Crippen LogP contribution in [0.5, 0.6) is 0 Å². The molecule has 1 saturated heterocycles. The fourth-order valence-corrected chi connectivity index (χ4v) is 2.78. The number of rotatable bonds is 4. The summed E-state index contributed by atoms with van der Waals surface area (Å²) in [5, 5.41) is 9.01. The smallest absolute Gasteiger partial charge is 0.307 e. The summed E-state index contributed by atoms with van der Waals surface area (Å²) in [6.07, 6.45) is 2.35. The quantitative estimate of drug-likeness (QED) is 0.917. The summed E-state index contributed by atoms with van der Waals surface area (Å²) < 4.78 is 6.51. The van der Waals surface area contributed by atoms with Gasteiger partial charge in [-0.05, 0) is 37.2 Å². The number of halogens is 1. The van der Waals surface area contributed by atoms with Gasteiger partial charge in [-0.2, -0.15) is 0 Å². The van der Waals surface area contributed by atoms with Gasteiger partial charge in [-0.25, -0.2) is 4.98 Å². The molecule has 3 rings (SSSR count). The Morgan fingerprint density at radius 1 is 1.43 bits per heavy atom. The molecule has 0 spiro atoms. The number of likely N-dealkylation sites (tertiary alicyclic amines) is 1. The molecule has 110 valence electrons. The van der Waals surface area contributed by atoms with E-state index in [1.54, 1.807) is 6.26 Å². The van der Waals surface area contributed by atoms with Crippen molar-refractivity contribution < 1.29 is 14.3 Å². The van der Waals surface area contributed by atoms with Crippen LogP contribution in [0.15, 0.2) is 39.4 Å². The van der Waals surface area contributed by atoms with Crippen LogP contribution >= 0.6 is 15.9 Å². The number of oxazole rings is 1. The van der Waals surface area contributed by atoms with Gasteiger partial charge in [-0.15, -0.1) is 0 Å². The molecule has 2 aromatic rings. The maximum atomic E-state index is 11.0. The number of carboxylic acid groups (broad SMARTS) is 1. The van der Waals surface area contributed by atoms with E-state index < -0.39 is 5.97 Å². The van der Waals surface area contributed by atoms with E-state index >= 15 is 0 Å². The summed E-state index contributed by atoms with van der Waals surface area (Å²) in [5.74, 6) is -0.387. The highest BCUT2D eigenvalue weighted by Crippen LogP contribution is 2.23. The zero-order valence-corrected chi connectivity index (χ0v) is 12.9. The molecule has 0 bridgehead atoms. The van der Waals surface area contributed by atoms with Crippen LogP contribution < -0.4 is 0 Å². The Kier molecular flexibility index (Phi) is 4.07. The monoisotopic (exact) mass is 350 g/mol. The van der Waals surface area contributed by atoms with Crippen molar-refractivity contribution in [3.8, 4) is 11.5 Å². The molecule has 1 fully saturated rings. The van der Waals surface area contributed by atoms with E-state index in [1.807, 2.05) is 24.3 Å². The van der Waals surface area contributed by atoms with Crippen molar-refractivity contribution >= 4 is 21.9 Å². The Bertz CT molecular complexity index is 639. The topological polar surface area (TPSA) is 66.6 Å². The molecule has 2 heterocycles. The van der Waals surface area contributed by atoms with Gasteiger partial charge < -0.3 is 9.52 Å².